The Hall–Kier alpha value is -2.54. The fraction of sp³-hybridized carbons (Fsp3) is 0.409. The van der Waals surface area contributed by atoms with Crippen molar-refractivity contribution in [3.63, 3.8) is 0 Å². The number of hydrogen-bond donors (Lipinski definition) is 1. The van der Waals surface area contributed by atoms with Gasteiger partial charge in [0.25, 0.3) is 0 Å². The first-order chi connectivity index (χ1) is 13.5. The van der Waals surface area contributed by atoms with Crippen molar-refractivity contribution in [3.8, 4) is 5.75 Å². The quantitative estimate of drug-likeness (QED) is 0.711. The summed E-state index contributed by atoms with van der Waals surface area (Å²) in [6.45, 7) is 9.60. The molecule has 0 bridgehead atoms. The molecule has 6 nitrogen and oxygen atoms in total. The minimum Gasteiger partial charge on any atom is -0.491 e. The highest BCUT2D eigenvalue weighted by Crippen LogP contribution is 2.24. The number of nitrogens with one attached hydrogen (secondary N) is 1. The Morgan fingerprint density at radius 3 is 2.07 bits per heavy atom. The summed E-state index contributed by atoms with van der Waals surface area (Å²) in [7, 11) is -3.64. The van der Waals surface area contributed by atoms with Gasteiger partial charge in [0.2, 0.25) is 15.9 Å². The number of sulfonamides is 1. The summed E-state index contributed by atoms with van der Waals surface area (Å²) < 4.78 is 31.6. The van der Waals surface area contributed by atoms with E-state index in [-0.39, 0.29) is 12.0 Å². The third-order valence-corrected chi connectivity index (χ3v) is 5.55. The van der Waals surface area contributed by atoms with Crippen molar-refractivity contribution < 1.29 is 17.9 Å². The summed E-state index contributed by atoms with van der Waals surface area (Å²) in [5.41, 5.74) is 3.26. The smallest absolute Gasteiger partial charge is 0.243 e. The monoisotopic (exact) mass is 418 g/mol. The summed E-state index contributed by atoms with van der Waals surface area (Å²) in [4.78, 5) is 12.7. The molecule has 1 N–H and O–H groups in total. The van der Waals surface area contributed by atoms with Crippen molar-refractivity contribution in [2.45, 2.75) is 53.3 Å². The van der Waals surface area contributed by atoms with Gasteiger partial charge in [-0.2, -0.15) is 0 Å². The number of aryl methyl sites for hydroxylation is 2. The van der Waals surface area contributed by atoms with Crippen LogP contribution in [-0.2, 0) is 21.4 Å². The second-order valence-electron chi connectivity index (χ2n) is 7.61. The van der Waals surface area contributed by atoms with Crippen molar-refractivity contribution >= 4 is 21.6 Å². The van der Waals surface area contributed by atoms with Crippen LogP contribution in [-0.4, -0.2) is 32.7 Å². The lowest BCUT2D eigenvalue weighted by molar-refractivity contribution is -0.122. The maximum absolute atomic E-state index is 12.7. The van der Waals surface area contributed by atoms with Gasteiger partial charge in [0.1, 0.15) is 11.8 Å². The molecule has 0 aliphatic rings. The number of carbonyl (C=O) groups is 1. The van der Waals surface area contributed by atoms with E-state index in [4.69, 9.17) is 4.74 Å². The molecule has 1 atom stereocenters. The Bertz CT molecular complexity index is 933. The average Bonchev–Trinajstić information content (AvgIpc) is 2.58. The van der Waals surface area contributed by atoms with Crippen molar-refractivity contribution in [2.24, 2.45) is 0 Å². The first-order valence-electron chi connectivity index (χ1n) is 9.58. The van der Waals surface area contributed by atoms with Gasteiger partial charge in [-0.05, 0) is 75.6 Å². The average molecular weight is 419 g/mol. The van der Waals surface area contributed by atoms with E-state index in [1.54, 1.807) is 19.1 Å². The molecule has 0 aliphatic carbocycles. The summed E-state index contributed by atoms with van der Waals surface area (Å²) in [5, 5.41) is 2.82. The van der Waals surface area contributed by atoms with Gasteiger partial charge in [0.15, 0.2) is 0 Å². The SMILES string of the molecule is Cc1cc(C)cc(N([C@H](C)C(=O)NCc2ccc(OC(C)C)cc2)S(C)(=O)=O)c1. The van der Waals surface area contributed by atoms with Crippen molar-refractivity contribution in [1.29, 1.82) is 0 Å². The highest BCUT2D eigenvalue weighted by atomic mass is 32.2. The van der Waals surface area contributed by atoms with Crippen LogP contribution in [0.2, 0.25) is 0 Å². The van der Waals surface area contributed by atoms with Crippen LogP contribution in [0.25, 0.3) is 0 Å². The van der Waals surface area contributed by atoms with E-state index in [9.17, 15) is 13.2 Å². The third kappa shape index (κ3) is 6.49. The molecule has 0 heterocycles. The third-order valence-electron chi connectivity index (χ3n) is 4.31. The number of rotatable bonds is 8. The molecule has 0 aromatic heterocycles. The van der Waals surface area contributed by atoms with E-state index in [1.165, 1.54) is 4.31 Å². The lowest BCUT2D eigenvalue weighted by atomic mass is 10.1. The van der Waals surface area contributed by atoms with E-state index in [0.717, 1.165) is 28.7 Å². The van der Waals surface area contributed by atoms with Crippen LogP contribution in [0.1, 0.15) is 37.5 Å². The van der Waals surface area contributed by atoms with E-state index in [1.807, 2.05) is 58.0 Å². The molecule has 0 saturated carbocycles. The standard InChI is InChI=1S/C22H30N2O4S/c1-15(2)28-21-9-7-19(8-10-21)14-23-22(25)18(5)24(29(6,26)27)20-12-16(3)11-17(4)13-20/h7-13,15,18H,14H2,1-6H3,(H,23,25)/t18-/m1/s1. The summed E-state index contributed by atoms with van der Waals surface area (Å²) in [6, 6.07) is 12.1. The van der Waals surface area contributed by atoms with Crippen molar-refractivity contribution in [1.82, 2.24) is 5.32 Å². The topological polar surface area (TPSA) is 75.7 Å². The molecular weight excluding hydrogens is 388 g/mol. The minimum atomic E-state index is -3.64. The number of ether oxygens (including phenoxy) is 1. The predicted octanol–water partition coefficient (Wildman–Crippen LogP) is 3.56. The number of anilines is 1. The molecule has 0 aliphatic heterocycles. The number of hydrogen-bond acceptors (Lipinski definition) is 4. The molecule has 0 saturated heterocycles. The molecule has 29 heavy (non-hydrogen) atoms. The van der Waals surface area contributed by atoms with Gasteiger partial charge in [-0.3, -0.25) is 9.10 Å². The zero-order valence-electron chi connectivity index (χ0n) is 17.9. The van der Waals surface area contributed by atoms with Gasteiger partial charge in [0.05, 0.1) is 18.0 Å². The summed E-state index contributed by atoms with van der Waals surface area (Å²) in [6.07, 6.45) is 1.20. The Morgan fingerprint density at radius 2 is 1.59 bits per heavy atom. The molecule has 158 valence electrons. The highest BCUT2D eigenvalue weighted by molar-refractivity contribution is 7.92. The van der Waals surface area contributed by atoms with Crippen molar-refractivity contribution in [3.05, 3.63) is 59.2 Å². The molecule has 1 amide bonds. The first-order valence-corrected chi connectivity index (χ1v) is 11.4. The molecule has 0 fully saturated rings. The zero-order valence-corrected chi connectivity index (χ0v) is 18.7. The van der Waals surface area contributed by atoms with E-state index >= 15 is 0 Å². The Labute approximate surface area is 173 Å². The second kappa shape index (κ2) is 9.31. The maximum atomic E-state index is 12.7. The molecule has 0 unspecified atom stereocenters. The fourth-order valence-electron chi connectivity index (χ4n) is 3.18. The summed E-state index contributed by atoms with van der Waals surface area (Å²) >= 11 is 0. The predicted molar refractivity (Wildman–Crippen MR) is 117 cm³/mol. The normalized spacial score (nSPS) is 12.5. The molecule has 2 aromatic carbocycles. The fourth-order valence-corrected chi connectivity index (χ4v) is 4.34. The maximum Gasteiger partial charge on any atom is 0.243 e. The van der Waals surface area contributed by atoms with E-state index in [2.05, 4.69) is 5.32 Å². The van der Waals surface area contributed by atoms with Crippen LogP contribution in [0, 0.1) is 13.8 Å². The number of amides is 1. The lowest BCUT2D eigenvalue weighted by Crippen LogP contribution is -2.47. The van der Waals surface area contributed by atoms with Crippen LogP contribution < -0.4 is 14.4 Å². The van der Waals surface area contributed by atoms with Gasteiger partial charge >= 0.3 is 0 Å². The van der Waals surface area contributed by atoms with Crippen molar-refractivity contribution in [2.75, 3.05) is 10.6 Å². The van der Waals surface area contributed by atoms with Gasteiger partial charge in [-0.15, -0.1) is 0 Å². The Balaban J connectivity index is 2.13. The Morgan fingerprint density at radius 1 is 1.03 bits per heavy atom. The number of carbonyl (C=O) groups excluding carboxylic acids is 1. The van der Waals surface area contributed by atoms with E-state index < -0.39 is 16.1 Å². The van der Waals surface area contributed by atoms with Gasteiger partial charge in [-0.25, -0.2) is 8.42 Å². The Kier molecular flexibility index (Phi) is 7.30. The lowest BCUT2D eigenvalue weighted by Gasteiger charge is -2.28. The molecule has 2 rings (SSSR count). The molecule has 7 heteroatoms. The molecule has 2 aromatic rings. The van der Waals surface area contributed by atoms with Gasteiger partial charge in [0, 0.05) is 6.54 Å². The first kappa shape index (κ1) is 22.7. The van der Waals surface area contributed by atoms with Crippen LogP contribution >= 0.6 is 0 Å². The van der Waals surface area contributed by atoms with Crippen LogP contribution in [0.5, 0.6) is 5.75 Å². The second-order valence-corrected chi connectivity index (χ2v) is 9.47. The minimum absolute atomic E-state index is 0.0913. The highest BCUT2D eigenvalue weighted by Gasteiger charge is 2.29. The van der Waals surface area contributed by atoms with Gasteiger partial charge < -0.3 is 10.1 Å². The number of nitrogens with zero attached hydrogens (tertiary/aromatic N) is 1. The largest absolute Gasteiger partial charge is 0.491 e. The number of benzene rings is 2. The van der Waals surface area contributed by atoms with Crippen LogP contribution in [0.4, 0.5) is 5.69 Å². The van der Waals surface area contributed by atoms with Crippen LogP contribution in [0.3, 0.4) is 0 Å². The zero-order chi connectivity index (χ0) is 21.8. The molecule has 0 spiro atoms. The van der Waals surface area contributed by atoms with Gasteiger partial charge in [-0.1, -0.05) is 18.2 Å². The molecule has 0 radical (unpaired) electrons. The van der Waals surface area contributed by atoms with E-state index in [0.29, 0.717) is 12.2 Å². The van der Waals surface area contributed by atoms with Crippen LogP contribution in [0.15, 0.2) is 42.5 Å². The molecular formula is C22H30N2O4S. The summed E-state index contributed by atoms with van der Waals surface area (Å²) in [5.74, 6) is 0.401.